The summed E-state index contributed by atoms with van der Waals surface area (Å²) in [4.78, 5) is 28.6. The molecule has 2 heterocycles. The molecule has 1 aliphatic heterocycles. The summed E-state index contributed by atoms with van der Waals surface area (Å²) in [6, 6.07) is 8.44. The second kappa shape index (κ2) is 7.40. The molecule has 0 bridgehead atoms. The molecule has 2 aromatic rings. The van der Waals surface area contributed by atoms with Crippen LogP contribution < -0.4 is 10.2 Å². The van der Waals surface area contributed by atoms with Crippen molar-refractivity contribution in [1.29, 1.82) is 0 Å². The minimum atomic E-state index is -0.446. The van der Waals surface area contributed by atoms with Gasteiger partial charge in [-0.1, -0.05) is 0 Å². The van der Waals surface area contributed by atoms with Gasteiger partial charge in [0.25, 0.3) is 5.91 Å². The molecule has 25 heavy (non-hydrogen) atoms. The van der Waals surface area contributed by atoms with Crippen LogP contribution in [-0.4, -0.2) is 57.1 Å². The van der Waals surface area contributed by atoms with Crippen molar-refractivity contribution < 1.29 is 18.7 Å². The van der Waals surface area contributed by atoms with E-state index in [0.29, 0.717) is 11.3 Å². The number of rotatable bonds is 4. The lowest BCUT2D eigenvalue weighted by molar-refractivity contribution is 0.0600. The van der Waals surface area contributed by atoms with Gasteiger partial charge in [-0.25, -0.2) is 4.79 Å². The van der Waals surface area contributed by atoms with Crippen LogP contribution in [0.4, 0.5) is 11.4 Å². The highest BCUT2D eigenvalue weighted by atomic mass is 16.5. The van der Waals surface area contributed by atoms with E-state index in [4.69, 9.17) is 9.15 Å². The molecule has 1 saturated heterocycles. The number of methoxy groups -OCH3 is 1. The minimum absolute atomic E-state index is 0.216. The quantitative estimate of drug-likeness (QED) is 0.857. The van der Waals surface area contributed by atoms with Gasteiger partial charge >= 0.3 is 5.97 Å². The van der Waals surface area contributed by atoms with Gasteiger partial charge in [-0.05, 0) is 37.4 Å². The van der Waals surface area contributed by atoms with Crippen molar-refractivity contribution in [2.24, 2.45) is 0 Å². The van der Waals surface area contributed by atoms with E-state index >= 15 is 0 Å². The first kappa shape index (κ1) is 17.0. The first-order valence-corrected chi connectivity index (χ1v) is 8.09. The van der Waals surface area contributed by atoms with Crippen LogP contribution in [0.2, 0.25) is 0 Å². The first-order valence-electron chi connectivity index (χ1n) is 8.09. The molecule has 1 aromatic carbocycles. The van der Waals surface area contributed by atoms with E-state index < -0.39 is 5.97 Å². The maximum Gasteiger partial charge on any atom is 0.337 e. The summed E-state index contributed by atoms with van der Waals surface area (Å²) < 4.78 is 9.92. The van der Waals surface area contributed by atoms with E-state index in [0.717, 1.165) is 31.9 Å². The van der Waals surface area contributed by atoms with Crippen LogP contribution in [0, 0.1) is 0 Å². The minimum Gasteiger partial charge on any atom is -0.465 e. The number of furan rings is 1. The standard InChI is InChI=1S/C18H21N3O4/c1-20-7-9-21(10-8-20)15-6-5-13(18(23)24-2)12-14(15)19-17(22)16-4-3-11-25-16/h3-6,11-12H,7-10H2,1-2H3,(H,19,22). The molecule has 0 atom stereocenters. The summed E-state index contributed by atoms with van der Waals surface area (Å²) in [5.74, 6) is -0.589. The number of anilines is 2. The number of carbonyl (C=O) groups is 2. The van der Waals surface area contributed by atoms with Crippen LogP contribution in [-0.2, 0) is 4.74 Å². The highest BCUT2D eigenvalue weighted by Crippen LogP contribution is 2.29. The molecule has 0 aliphatic carbocycles. The zero-order valence-corrected chi connectivity index (χ0v) is 14.3. The molecule has 132 valence electrons. The highest BCUT2D eigenvalue weighted by molar-refractivity contribution is 6.05. The lowest BCUT2D eigenvalue weighted by atomic mass is 10.1. The van der Waals surface area contributed by atoms with Crippen LogP contribution in [0.1, 0.15) is 20.9 Å². The molecule has 1 aromatic heterocycles. The third-order valence-corrected chi connectivity index (χ3v) is 4.25. The molecule has 1 amide bonds. The molecule has 0 radical (unpaired) electrons. The number of piperazine rings is 1. The number of hydrogen-bond donors (Lipinski definition) is 1. The molecule has 0 saturated carbocycles. The normalized spacial score (nSPS) is 15.0. The number of ether oxygens (including phenoxy) is 1. The first-order chi connectivity index (χ1) is 12.1. The summed E-state index contributed by atoms with van der Waals surface area (Å²) in [6.07, 6.45) is 1.45. The molecule has 1 aliphatic rings. The van der Waals surface area contributed by atoms with Crippen LogP contribution >= 0.6 is 0 Å². The van der Waals surface area contributed by atoms with Crippen molar-refractivity contribution >= 4 is 23.3 Å². The fourth-order valence-electron chi connectivity index (χ4n) is 2.80. The van der Waals surface area contributed by atoms with Gasteiger partial charge in [0.05, 0.1) is 30.3 Å². The predicted octanol–water partition coefficient (Wildman–Crippen LogP) is 2.07. The molecule has 7 nitrogen and oxygen atoms in total. The van der Waals surface area contributed by atoms with E-state index in [9.17, 15) is 9.59 Å². The van der Waals surface area contributed by atoms with E-state index in [2.05, 4.69) is 22.2 Å². The van der Waals surface area contributed by atoms with Crippen molar-refractivity contribution in [1.82, 2.24) is 4.90 Å². The van der Waals surface area contributed by atoms with Crippen molar-refractivity contribution in [2.45, 2.75) is 0 Å². The zero-order chi connectivity index (χ0) is 17.8. The number of nitrogens with one attached hydrogen (secondary N) is 1. The number of esters is 1. The number of amides is 1. The van der Waals surface area contributed by atoms with Crippen molar-refractivity contribution in [3.05, 3.63) is 47.9 Å². The van der Waals surface area contributed by atoms with Gasteiger partial charge < -0.3 is 24.3 Å². The van der Waals surface area contributed by atoms with Gasteiger partial charge in [-0.15, -0.1) is 0 Å². The highest BCUT2D eigenvalue weighted by Gasteiger charge is 2.20. The Hall–Kier alpha value is -2.80. The average molecular weight is 343 g/mol. The molecule has 3 rings (SSSR count). The second-order valence-electron chi connectivity index (χ2n) is 5.95. The molecular weight excluding hydrogens is 322 g/mol. The Kier molecular flexibility index (Phi) is 5.04. The van der Waals surface area contributed by atoms with E-state index in [1.54, 1.807) is 24.3 Å². The number of nitrogens with zero attached hydrogens (tertiary/aromatic N) is 2. The third-order valence-electron chi connectivity index (χ3n) is 4.25. The number of carbonyl (C=O) groups excluding carboxylic acids is 2. The van der Waals surface area contributed by atoms with Gasteiger partial charge in [0.15, 0.2) is 5.76 Å². The summed E-state index contributed by atoms with van der Waals surface area (Å²) >= 11 is 0. The van der Waals surface area contributed by atoms with Crippen molar-refractivity contribution in [3.63, 3.8) is 0 Å². The zero-order valence-electron chi connectivity index (χ0n) is 14.3. The Morgan fingerprint density at radius 1 is 1.16 bits per heavy atom. The van der Waals surface area contributed by atoms with Gasteiger partial charge in [0.1, 0.15) is 0 Å². The van der Waals surface area contributed by atoms with Crippen LogP contribution in [0.5, 0.6) is 0 Å². The molecule has 1 N–H and O–H groups in total. The second-order valence-corrected chi connectivity index (χ2v) is 5.95. The Bertz CT molecular complexity index is 750. The summed E-state index contributed by atoms with van der Waals surface area (Å²) in [7, 11) is 3.41. The molecular formula is C18H21N3O4. The van der Waals surface area contributed by atoms with Crippen LogP contribution in [0.25, 0.3) is 0 Å². The van der Waals surface area contributed by atoms with Gasteiger partial charge in [0.2, 0.25) is 0 Å². The SMILES string of the molecule is COC(=O)c1ccc(N2CCN(C)CC2)c(NC(=O)c2ccco2)c1. The van der Waals surface area contributed by atoms with Crippen LogP contribution in [0.15, 0.2) is 41.0 Å². The predicted molar refractivity (Wildman–Crippen MR) is 94.2 cm³/mol. The number of likely N-dealkylation sites (N-methyl/N-ethyl adjacent to an activating group) is 1. The lowest BCUT2D eigenvalue weighted by Crippen LogP contribution is -2.44. The monoisotopic (exact) mass is 343 g/mol. The van der Waals surface area contributed by atoms with E-state index in [-0.39, 0.29) is 11.7 Å². The Labute approximate surface area is 146 Å². The fraction of sp³-hybridized carbons (Fsp3) is 0.333. The van der Waals surface area contributed by atoms with E-state index in [1.807, 2.05) is 6.07 Å². The van der Waals surface area contributed by atoms with Crippen molar-refractivity contribution in [2.75, 3.05) is 50.6 Å². The van der Waals surface area contributed by atoms with Crippen LogP contribution in [0.3, 0.4) is 0 Å². The lowest BCUT2D eigenvalue weighted by Gasteiger charge is -2.35. The molecule has 1 fully saturated rings. The molecule has 0 unspecified atom stereocenters. The smallest absolute Gasteiger partial charge is 0.337 e. The number of hydrogen-bond acceptors (Lipinski definition) is 6. The molecule has 0 spiro atoms. The third kappa shape index (κ3) is 3.83. The summed E-state index contributed by atoms with van der Waals surface area (Å²) in [6.45, 7) is 3.56. The van der Waals surface area contributed by atoms with Gasteiger partial charge in [-0.2, -0.15) is 0 Å². The maximum atomic E-state index is 12.4. The largest absolute Gasteiger partial charge is 0.465 e. The Balaban J connectivity index is 1.90. The van der Waals surface area contributed by atoms with Crippen molar-refractivity contribution in [3.8, 4) is 0 Å². The molecule has 7 heteroatoms. The van der Waals surface area contributed by atoms with Gasteiger partial charge in [0, 0.05) is 26.2 Å². The summed E-state index contributed by atoms with van der Waals surface area (Å²) in [5, 5.41) is 2.85. The van der Waals surface area contributed by atoms with Gasteiger partial charge in [-0.3, -0.25) is 4.79 Å². The maximum absolute atomic E-state index is 12.4. The fourth-order valence-corrected chi connectivity index (χ4v) is 2.80. The van der Waals surface area contributed by atoms with E-state index in [1.165, 1.54) is 13.4 Å². The summed E-state index contributed by atoms with van der Waals surface area (Å²) in [5.41, 5.74) is 1.82. The Morgan fingerprint density at radius 3 is 2.56 bits per heavy atom. The number of benzene rings is 1. The average Bonchev–Trinajstić information content (AvgIpc) is 3.17. The Morgan fingerprint density at radius 2 is 1.92 bits per heavy atom. The topological polar surface area (TPSA) is 75.0 Å².